The van der Waals surface area contributed by atoms with Crippen LogP contribution < -0.4 is 10.6 Å². The molecule has 0 aromatic heterocycles. The van der Waals surface area contributed by atoms with Crippen LogP contribution in [0.25, 0.3) is 0 Å². The zero-order valence-corrected chi connectivity index (χ0v) is 14.7. The van der Waals surface area contributed by atoms with Gasteiger partial charge in [0.1, 0.15) is 0 Å². The number of carbonyl (C=O) groups is 1. The van der Waals surface area contributed by atoms with E-state index in [9.17, 15) is 13.2 Å². The Bertz CT molecular complexity index is 662. The van der Waals surface area contributed by atoms with Gasteiger partial charge in [-0.2, -0.15) is 0 Å². The van der Waals surface area contributed by atoms with E-state index in [0.717, 1.165) is 19.3 Å². The van der Waals surface area contributed by atoms with Crippen LogP contribution in [0.15, 0.2) is 12.2 Å². The molecule has 0 aromatic carbocycles. The average Bonchev–Trinajstić information content (AvgIpc) is 2.36. The van der Waals surface area contributed by atoms with Crippen LogP contribution in [0.4, 0.5) is 4.79 Å². The maximum atomic E-state index is 12.2. The van der Waals surface area contributed by atoms with Gasteiger partial charge in [-0.3, -0.25) is 0 Å². The van der Waals surface area contributed by atoms with Crippen molar-refractivity contribution in [3.05, 3.63) is 12.2 Å². The molecule has 128 valence electrons. The minimum atomic E-state index is -2.78. The molecule has 2 bridgehead atoms. The quantitative estimate of drug-likeness (QED) is 0.755. The molecule has 1 aliphatic heterocycles. The third-order valence-electron chi connectivity index (χ3n) is 6.94. The molecule has 2 amide bonds. The SMILES string of the molecule is C=C1C(NC(=O)NC2CC3(C2)CS(=O)(=O)C3)C[C@H]2C[C@@H]1C2(C)C. The van der Waals surface area contributed by atoms with Gasteiger partial charge in [0.15, 0.2) is 9.84 Å². The molecule has 5 fully saturated rings. The van der Waals surface area contributed by atoms with Gasteiger partial charge in [0.05, 0.1) is 17.5 Å². The van der Waals surface area contributed by atoms with Crippen molar-refractivity contribution in [2.45, 2.75) is 51.6 Å². The van der Waals surface area contributed by atoms with E-state index in [1.807, 2.05) is 0 Å². The molecule has 5 rings (SSSR count). The molecule has 0 radical (unpaired) electrons. The van der Waals surface area contributed by atoms with E-state index in [-0.39, 0.29) is 23.5 Å². The van der Waals surface area contributed by atoms with Crippen molar-refractivity contribution in [3.8, 4) is 0 Å². The van der Waals surface area contributed by atoms with Crippen molar-refractivity contribution in [2.75, 3.05) is 11.5 Å². The van der Waals surface area contributed by atoms with Crippen LogP contribution in [-0.4, -0.2) is 38.0 Å². The van der Waals surface area contributed by atoms with Gasteiger partial charge in [-0.1, -0.05) is 26.0 Å². The predicted octanol–water partition coefficient (Wildman–Crippen LogP) is 1.85. The Morgan fingerprint density at radius 1 is 1.17 bits per heavy atom. The Balaban J connectivity index is 1.25. The van der Waals surface area contributed by atoms with Crippen LogP contribution in [0.1, 0.15) is 39.5 Å². The summed E-state index contributed by atoms with van der Waals surface area (Å²) < 4.78 is 22.6. The van der Waals surface area contributed by atoms with Gasteiger partial charge < -0.3 is 10.6 Å². The Kier molecular flexibility index (Phi) is 3.05. The fraction of sp³-hybridized carbons (Fsp3) is 0.824. The lowest BCUT2D eigenvalue weighted by Crippen LogP contribution is -2.64. The van der Waals surface area contributed by atoms with Crippen molar-refractivity contribution in [1.29, 1.82) is 0 Å². The first-order valence-corrected chi connectivity index (χ1v) is 10.4. The second kappa shape index (κ2) is 4.52. The normalized spacial score (nSPS) is 41.2. The number of fused-ring (bicyclic) bond motifs is 2. The van der Waals surface area contributed by atoms with Crippen LogP contribution in [0.5, 0.6) is 0 Å². The minimum Gasteiger partial charge on any atom is -0.335 e. The van der Waals surface area contributed by atoms with E-state index in [4.69, 9.17) is 0 Å². The summed E-state index contributed by atoms with van der Waals surface area (Å²) in [5, 5.41) is 6.08. The third kappa shape index (κ3) is 2.32. The van der Waals surface area contributed by atoms with Crippen molar-refractivity contribution in [2.24, 2.45) is 22.7 Å². The molecule has 0 aromatic rings. The van der Waals surface area contributed by atoms with Gasteiger partial charge >= 0.3 is 6.03 Å². The maximum Gasteiger partial charge on any atom is 0.315 e. The number of sulfone groups is 1. The van der Waals surface area contributed by atoms with Crippen molar-refractivity contribution < 1.29 is 13.2 Å². The first-order chi connectivity index (χ1) is 10.6. The van der Waals surface area contributed by atoms with E-state index in [1.165, 1.54) is 12.0 Å². The number of hydrogen-bond donors (Lipinski definition) is 2. The predicted molar refractivity (Wildman–Crippen MR) is 88.7 cm³/mol. The molecule has 3 atom stereocenters. The van der Waals surface area contributed by atoms with Crippen molar-refractivity contribution in [1.82, 2.24) is 10.6 Å². The Hall–Kier alpha value is -1.04. The zero-order chi connectivity index (χ0) is 16.6. The fourth-order valence-corrected chi connectivity index (χ4v) is 7.73. The second-order valence-corrected chi connectivity index (χ2v) is 11.0. The second-order valence-electron chi connectivity index (χ2n) is 8.92. The molecule has 1 spiro atoms. The van der Waals surface area contributed by atoms with Gasteiger partial charge in [-0.05, 0) is 42.9 Å². The molecule has 1 heterocycles. The summed E-state index contributed by atoms with van der Waals surface area (Å²) in [4.78, 5) is 12.2. The number of nitrogens with one attached hydrogen (secondary N) is 2. The largest absolute Gasteiger partial charge is 0.335 e. The summed E-state index contributed by atoms with van der Waals surface area (Å²) in [5.41, 5.74) is 1.47. The highest BCUT2D eigenvalue weighted by atomic mass is 32.2. The molecule has 23 heavy (non-hydrogen) atoms. The number of hydrogen-bond acceptors (Lipinski definition) is 3. The highest BCUT2D eigenvalue weighted by Gasteiger charge is 2.57. The zero-order valence-electron chi connectivity index (χ0n) is 13.9. The average molecular weight is 338 g/mol. The molecule has 4 aliphatic carbocycles. The minimum absolute atomic E-state index is 0.0309. The lowest BCUT2D eigenvalue weighted by atomic mass is 9.46. The van der Waals surface area contributed by atoms with Crippen LogP contribution >= 0.6 is 0 Å². The van der Waals surface area contributed by atoms with Crippen LogP contribution in [-0.2, 0) is 9.84 Å². The van der Waals surface area contributed by atoms with E-state index in [2.05, 4.69) is 31.1 Å². The summed E-state index contributed by atoms with van der Waals surface area (Å²) in [7, 11) is -2.78. The first-order valence-electron chi connectivity index (χ1n) is 8.56. The summed E-state index contributed by atoms with van der Waals surface area (Å²) >= 11 is 0. The van der Waals surface area contributed by atoms with Gasteiger partial charge in [-0.25, -0.2) is 13.2 Å². The highest BCUT2D eigenvalue weighted by molar-refractivity contribution is 7.92. The lowest BCUT2D eigenvalue weighted by molar-refractivity contribution is -0.0370. The van der Waals surface area contributed by atoms with E-state index >= 15 is 0 Å². The Labute approximate surface area is 138 Å². The number of carbonyl (C=O) groups excluding carboxylic acids is 1. The Morgan fingerprint density at radius 2 is 1.83 bits per heavy atom. The van der Waals surface area contributed by atoms with E-state index < -0.39 is 9.84 Å². The Morgan fingerprint density at radius 3 is 2.35 bits per heavy atom. The van der Waals surface area contributed by atoms with Gasteiger partial charge in [0.25, 0.3) is 0 Å². The number of urea groups is 1. The molecule has 2 N–H and O–H groups in total. The summed E-state index contributed by atoms with van der Waals surface area (Å²) in [6, 6.07) is 0.0792. The summed E-state index contributed by atoms with van der Waals surface area (Å²) in [5.74, 6) is 1.81. The molecule has 5 nitrogen and oxygen atoms in total. The molecule has 1 saturated heterocycles. The third-order valence-corrected chi connectivity index (χ3v) is 9.04. The number of rotatable bonds is 2. The number of amides is 2. The molecule has 4 saturated carbocycles. The van der Waals surface area contributed by atoms with Crippen LogP contribution in [0, 0.1) is 22.7 Å². The topological polar surface area (TPSA) is 75.3 Å². The molecule has 5 aliphatic rings. The fourth-order valence-electron chi connectivity index (χ4n) is 5.47. The molecular weight excluding hydrogens is 312 g/mol. The van der Waals surface area contributed by atoms with Crippen LogP contribution in [0.3, 0.4) is 0 Å². The standard InChI is InChI=1S/C17H26N2O3S/c1-10-13-4-11(16(13,2)3)5-14(10)19-15(20)18-12-6-17(7-12)8-23(21,22)9-17/h11-14H,1,4-9H2,2-3H3,(H2,18,19,20)/t11-,13+,14?/m1/s1. The monoisotopic (exact) mass is 338 g/mol. The molecule has 6 heteroatoms. The lowest BCUT2D eigenvalue weighted by Gasteiger charge is -2.60. The van der Waals surface area contributed by atoms with E-state index in [0.29, 0.717) is 28.8 Å². The van der Waals surface area contributed by atoms with E-state index in [1.54, 1.807) is 0 Å². The maximum absolute atomic E-state index is 12.2. The first kappa shape index (κ1) is 15.5. The smallest absolute Gasteiger partial charge is 0.315 e. The van der Waals surface area contributed by atoms with Gasteiger partial charge in [-0.15, -0.1) is 0 Å². The summed E-state index contributed by atoms with van der Waals surface area (Å²) in [6.45, 7) is 8.83. The highest BCUT2D eigenvalue weighted by Crippen LogP contribution is 2.60. The summed E-state index contributed by atoms with van der Waals surface area (Å²) in [6.07, 6.45) is 3.79. The molecular formula is C17H26N2O3S. The van der Waals surface area contributed by atoms with Crippen molar-refractivity contribution in [3.63, 3.8) is 0 Å². The van der Waals surface area contributed by atoms with Gasteiger partial charge in [0, 0.05) is 11.5 Å². The van der Waals surface area contributed by atoms with Crippen molar-refractivity contribution >= 4 is 15.9 Å². The molecule has 1 unspecified atom stereocenters. The van der Waals surface area contributed by atoms with Crippen LogP contribution in [0.2, 0.25) is 0 Å². The van der Waals surface area contributed by atoms with Gasteiger partial charge in [0.2, 0.25) is 0 Å².